The largest absolute Gasteiger partial charge is 0.326 e. The molecule has 0 aromatic rings. The molecule has 0 aromatic carbocycles. The number of amides is 3. The molecule has 3 aliphatic rings. The fraction of sp³-hybridized carbons (Fsp3) is 0.882. The van der Waals surface area contributed by atoms with Crippen molar-refractivity contribution in [3.63, 3.8) is 0 Å². The van der Waals surface area contributed by atoms with Gasteiger partial charge in [0, 0.05) is 6.04 Å². The van der Waals surface area contributed by atoms with Crippen molar-refractivity contribution >= 4 is 21.8 Å². The minimum absolute atomic E-state index is 0.108. The van der Waals surface area contributed by atoms with E-state index in [1.165, 1.54) is 4.90 Å². The first-order chi connectivity index (χ1) is 11.8. The Morgan fingerprint density at radius 1 is 1.20 bits per heavy atom. The molecule has 2 heterocycles. The van der Waals surface area contributed by atoms with Gasteiger partial charge in [0.05, 0.1) is 18.2 Å². The number of urea groups is 1. The molecular formula is C17H29N3O4S. The van der Waals surface area contributed by atoms with Crippen LogP contribution < -0.4 is 5.32 Å². The fourth-order valence-corrected chi connectivity index (χ4v) is 6.20. The van der Waals surface area contributed by atoms with Crippen molar-refractivity contribution < 1.29 is 18.0 Å². The summed E-state index contributed by atoms with van der Waals surface area (Å²) in [6, 6.07) is -0.442. The van der Waals surface area contributed by atoms with Crippen molar-refractivity contribution in [1.29, 1.82) is 0 Å². The van der Waals surface area contributed by atoms with E-state index in [1.807, 2.05) is 11.8 Å². The molecule has 2 saturated heterocycles. The Morgan fingerprint density at radius 2 is 1.88 bits per heavy atom. The molecule has 3 amide bonds. The van der Waals surface area contributed by atoms with E-state index < -0.39 is 15.4 Å². The average Bonchev–Trinajstić information content (AvgIpc) is 3.05. The Morgan fingerprint density at radius 3 is 2.40 bits per heavy atom. The van der Waals surface area contributed by atoms with E-state index in [0.29, 0.717) is 31.7 Å². The summed E-state index contributed by atoms with van der Waals surface area (Å²) in [6.07, 6.45) is 5.03. The molecule has 0 unspecified atom stereocenters. The predicted octanol–water partition coefficient (Wildman–Crippen LogP) is 1.34. The van der Waals surface area contributed by atoms with Crippen molar-refractivity contribution in [1.82, 2.24) is 15.1 Å². The Bertz CT molecular complexity index is 640. The first kappa shape index (κ1) is 18.6. The molecule has 0 aromatic heterocycles. The Kier molecular flexibility index (Phi) is 5.12. The van der Waals surface area contributed by atoms with Crippen LogP contribution in [0.4, 0.5) is 4.79 Å². The highest BCUT2D eigenvalue weighted by molar-refractivity contribution is 7.91. The minimum atomic E-state index is -2.99. The summed E-state index contributed by atoms with van der Waals surface area (Å²) in [4.78, 5) is 28.7. The van der Waals surface area contributed by atoms with E-state index >= 15 is 0 Å². The van der Waals surface area contributed by atoms with Crippen LogP contribution in [0.3, 0.4) is 0 Å². The molecule has 3 fully saturated rings. The zero-order valence-electron chi connectivity index (χ0n) is 15.2. The second-order valence-electron chi connectivity index (χ2n) is 7.70. The number of nitrogens with zero attached hydrogens (tertiary/aromatic N) is 2. The molecule has 2 aliphatic heterocycles. The summed E-state index contributed by atoms with van der Waals surface area (Å²) in [5.74, 6) is 0.816. The molecule has 0 radical (unpaired) electrons. The molecule has 142 valence electrons. The summed E-state index contributed by atoms with van der Waals surface area (Å²) in [7, 11) is -2.99. The second-order valence-corrected chi connectivity index (χ2v) is 9.93. The van der Waals surface area contributed by atoms with Crippen LogP contribution in [0.2, 0.25) is 0 Å². The van der Waals surface area contributed by atoms with E-state index in [0.717, 1.165) is 19.3 Å². The molecule has 8 heteroatoms. The van der Waals surface area contributed by atoms with Crippen molar-refractivity contribution in [2.45, 2.75) is 64.0 Å². The van der Waals surface area contributed by atoms with Gasteiger partial charge in [-0.1, -0.05) is 20.3 Å². The molecule has 1 aliphatic carbocycles. The summed E-state index contributed by atoms with van der Waals surface area (Å²) >= 11 is 0. The van der Waals surface area contributed by atoms with Gasteiger partial charge in [-0.2, -0.15) is 0 Å². The van der Waals surface area contributed by atoms with E-state index in [-0.39, 0.29) is 36.2 Å². The lowest BCUT2D eigenvalue weighted by molar-refractivity contribution is -0.134. The quantitative estimate of drug-likeness (QED) is 0.737. The second kappa shape index (κ2) is 6.87. The third-order valence-corrected chi connectivity index (χ3v) is 7.99. The lowest BCUT2D eigenvalue weighted by atomic mass is 9.75. The SMILES string of the molecule is CCC1CCC2(CC1)NC(=O)N(CN(CC)[C@H]1CCS(=O)(=O)C1)C2=O. The third-order valence-electron chi connectivity index (χ3n) is 6.24. The summed E-state index contributed by atoms with van der Waals surface area (Å²) in [5.41, 5.74) is -0.732. The fourth-order valence-electron chi connectivity index (χ4n) is 4.44. The van der Waals surface area contributed by atoms with Crippen molar-refractivity contribution in [2.75, 3.05) is 24.7 Å². The van der Waals surface area contributed by atoms with Gasteiger partial charge in [-0.3, -0.25) is 9.69 Å². The normalized spacial score (nSPS) is 34.9. The van der Waals surface area contributed by atoms with E-state index in [4.69, 9.17) is 0 Å². The highest BCUT2D eigenvalue weighted by atomic mass is 32.2. The van der Waals surface area contributed by atoms with E-state index in [2.05, 4.69) is 12.2 Å². The number of nitrogens with one attached hydrogen (secondary N) is 1. The molecule has 1 atom stereocenters. The smallest absolute Gasteiger partial charge is 0.323 e. The lowest BCUT2D eigenvalue weighted by Crippen LogP contribution is -2.51. The molecule has 0 bridgehead atoms. The van der Waals surface area contributed by atoms with Crippen LogP contribution in [-0.2, 0) is 14.6 Å². The van der Waals surface area contributed by atoms with Gasteiger partial charge in [-0.05, 0) is 44.6 Å². The first-order valence-corrected chi connectivity index (χ1v) is 11.2. The molecule has 1 N–H and O–H groups in total. The first-order valence-electron chi connectivity index (χ1n) is 9.39. The van der Waals surface area contributed by atoms with E-state index in [1.54, 1.807) is 0 Å². The van der Waals surface area contributed by atoms with Crippen LogP contribution >= 0.6 is 0 Å². The summed E-state index contributed by atoms with van der Waals surface area (Å²) in [5, 5.41) is 2.94. The van der Waals surface area contributed by atoms with Gasteiger partial charge in [-0.25, -0.2) is 18.1 Å². The van der Waals surface area contributed by atoms with Crippen LogP contribution in [-0.4, -0.2) is 66.5 Å². The Labute approximate surface area is 150 Å². The molecule has 7 nitrogen and oxygen atoms in total. The topological polar surface area (TPSA) is 86.8 Å². The van der Waals surface area contributed by atoms with Gasteiger partial charge < -0.3 is 5.32 Å². The molecule has 1 saturated carbocycles. The molecule has 3 rings (SSSR count). The molecule has 25 heavy (non-hydrogen) atoms. The minimum Gasteiger partial charge on any atom is -0.323 e. The number of carbonyl (C=O) groups is 2. The third kappa shape index (κ3) is 3.56. The van der Waals surface area contributed by atoms with Gasteiger partial charge in [0.1, 0.15) is 5.54 Å². The van der Waals surface area contributed by atoms with Crippen LogP contribution in [0.15, 0.2) is 0 Å². The number of hydrogen-bond acceptors (Lipinski definition) is 5. The van der Waals surface area contributed by atoms with Crippen molar-refractivity contribution in [2.24, 2.45) is 5.92 Å². The van der Waals surface area contributed by atoms with Crippen molar-refractivity contribution in [3.05, 3.63) is 0 Å². The van der Waals surface area contributed by atoms with Crippen LogP contribution in [0.5, 0.6) is 0 Å². The number of hydrogen-bond donors (Lipinski definition) is 1. The predicted molar refractivity (Wildman–Crippen MR) is 94.7 cm³/mol. The van der Waals surface area contributed by atoms with Crippen molar-refractivity contribution in [3.8, 4) is 0 Å². The number of imide groups is 1. The maximum Gasteiger partial charge on any atom is 0.326 e. The summed E-state index contributed by atoms with van der Waals surface area (Å²) < 4.78 is 23.5. The van der Waals surface area contributed by atoms with Gasteiger partial charge in [0.2, 0.25) is 0 Å². The number of sulfone groups is 1. The zero-order chi connectivity index (χ0) is 18.2. The average molecular weight is 372 g/mol. The van der Waals surface area contributed by atoms with Crippen LogP contribution in [0.1, 0.15) is 52.4 Å². The highest BCUT2D eigenvalue weighted by Crippen LogP contribution is 2.37. The maximum absolute atomic E-state index is 13.0. The number of carbonyl (C=O) groups excluding carboxylic acids is 2. The van der Waals surface area contributed by atoms with E-state index in [9.17, 15) is 18.0 Å². The van der Waals surface area contributed by atoms with Gasteiger partial charge in [0.25, 0.3) is 5.91 Å². The zero-order valence-corrected chi connectivity index (χ0v) is 16.0. The number of rotatable bonds is 5. The van der Waals surface area contributed by atoms with Crippen LogP contribution in [0, 0.1) is 5.92 Å². The Hall–Kier alpha value is -1.15. The maximum atomic E-state index is 13.0. The standard InChI is InChI=1S/C17H29N3O4S/c1-3-13-5-8-17(9-6-13)15(21)20(16(22)18-17)12-19(4-2)14-7-10-25(23,24)11-14/h13-14H,3-12H2,1-2H3,(H,18,22)/t13?,14-,17?/m0/s1. The Balaban J connectivity index is 1.68. The van der Waals surface area contributed by atoms with Crippen LogP contribution in [0.25, 0.3) is 0 Å². The molecule has 1 spiro atoms. The lowest BCUT2D eigenvalue weighted by Gasteiger charge is -2.35. The summed E-state index contributed by atoms with van der Waals surface area (Å²) in [6.45, 7) is 4.90. The van der Waals surface area contributed by atoms with Gasteiger partial charge in [-0.15, -0.1) is 0 Å². The highest BCUT2D eigenvalue weighted by Gasteiger charge is 2.52. The van der Waals surface area contributed by atoms with Gasteiger partial charge >= 0.3 is 6.03 Å². The van der Waals surface area contributed by atoms with Gasteiger partial charge in [0.15, 0.2) is 9.84 Å². The molecular weight excluding hydrogens is 342 g/mol. The monoisotopic (exact) mass is 371 g/mol.